The highest BCUT2D eigenvalue weighted by Crippen LogP contribution is 2.54. The zero-order valence-corrected chi connectivity index (χ0v) is 13.1. The number of nitrogens with two attached hydrogens (primary N) is 1. The molecule has 19 heavy (non-hydrogen) atoms. The molecule has 0 aliphatic heterocycles. The first kappa shape index (κ1) is 15.3. The Balaban J connectivity index is 2.19. The van der Waals surface area contributed by atoms with Gasteiger partial charge in [0, 0.05) is 12.0 Å². The number of rotatable bonds is 3. The van der Waals surface area contributed by atoms with E-state index in [1.807, 2.05) is 0 Å². The lowest BCUT2D eigenvalue weighted by Crippen LogP contribution is -2.59. The normalized spacial score (nSPS) is 48.2. The Morgan fingerprint density at radius 3 is 2.26 bits per heavy atom. The molecule has 0 amide bonds. The van der Waals surface area contributed by atoms with Gasteiger partial charge in [0.05, 0.1) is 5.60 Å². The second-order valence-electron chi connectivity index (χ2n) is 7.55. The molecule has 0 spiro atoms. The molecule has 3 atom stereocenters. The topological polar surface area (TPSA) is 46.2 Å². The molecule has 2 aliphatic carbocycles. The lowest BCUT2D eigenvalue weighted by molar-refractivity contribution is -0.166. The van der Waals surface area contributed by atoms with Gasteiger partial charge in [0.1, 0.15) is 0 Å². The van der Waals surface area contributed by atoms with E-state index in [-0.39, 0.29) is 5.41 Å². The third-order valence-corrected chi connectivity index (χ3v) is 6.52. The molecule has 2 rings (SSSR count). The van der Waals surface area contributed by atoms with E-state index in [2.05, 4.69) is 20.8 Å². The van der Waals surface area contributed by atoms with Crippen molar-refractivity contribution >= 4 is 0 Å². The molecule has 3 unspecified atom stereocenters. The van der Waals surface area contributed by atoms with Crippen LogP contribution in [-0.4, -0.2) is 17.3 Å². The minimum atomic E-state index is -0.516. The van der Waals surface area contributed by atoms with Crippen molar-refractivity contribution in [1.82, 2.24) is 0 Å². The SMILES string of the molecule is CCC1CCC(CN)(C2(O)CC(C)CCC2C)CC1. The molecular formula is C17H33NO. The first-order chi connectivity index (χ1) is 8.97. The monoisotopic (exact) mass is 267 g/mol. The van der Waals surface area contributed by atoms with Crippen LogP contribution in [0.25, 0.3) is 0 Å². The van der Waals surface area contributed by atoms with Crippen LogP contribution in [0.1, 0.15) is 72.1 Å². The maximum atomic E-state index is 11.5. The average Bonchev–Trinajstić information content (AvgIpc) is 2.43. The summed E-state index contributed by atoms with van der Waals surface area (Å²) in [7, 11) is 0. The average molecular weight is 267 g/mol. The highest BCUT2D eigenvalue weighted by atomic mass is 16.3. The van der Waals surface area contributed by atoms with Gasteiger partial charge in [-0.25, -0.2) is 0 Å². The molecular weight excluding hydrogens is 234 g/mol. The molecule has 2 saturated carbocycles. The molecule has 2 aliphatic rings. The number of aliphatic hydroxyl groups is 1. The smallest absolute Gasteiger partial charge is 0.0743 e. The Kier molecular flexibility index (Phi) is 4.62. The largest absolute Gasteiger partial charge is 0.389 e. The van der Waals surface area contributed by atoms with Crippen molar-refractivity contribution in [2.24, 2.45) is 28.9 Å². The van der Waals surface area contributed by atoms with Crippen molar-refractivity contribution in [3.05, 3.63) is 0 Å². The first-order valence-corrected chi connectivity index (χ1v) is 8.40. The second-order valence-corrected chi connectivity index (χ2v) is 7.55. The molecule has 0 radical (unpaired) electrons. The summed E-state index contributed by atoms with van der Waals surface area (Å²) in [5, 5.41) is 11.5. The predicted octanol–water partition coefficient (Wildman–Crippen LogP) is 3.72. The van der Waals surface area contributed by atoms with E-state index in [0.29, 0.717) is 18.4 Å². The van der Waals surface area contributed by atoms with Gasteiger partial charge in [0.25, 0.3) is 0 Å². The van der Waals surface area contributed by atoms with Crippen LogP contribution in [0.2, 0.25) is 0 Å². The minimum Gasteiger partial charge on any atom is -0.389 e. The third-order valence-electron chi connectivity index (χ3n) is 6.52. The van der Waals surface area contributed by atoms with Crippen LogP contribution in [-0.2, 0) is 0 Å². The maximum absolute atomic E-state index is 11.5. The van der Waals surface area contributed by atoms with E-state index in [4.69, 9.17) is 5.73 Å². The summed E-state index contributed by atoms with van der Waals surface area (Å²) in [4.78, 5) is 0. The summed E-state index contributed by atoms with van der Waals surface area (Å²) in [6, 6.07) is 0. The zero-order valence-electron chi connectivity index (χ0n) is 13.1. The molecule has 2 nitrogen and oxygen atoms in total. The summed E-state index contributed by atoms with van der Waals surface area (Å²) in [6.07, 6.45) is 9.46. The van der Waals surface area contributed by atoms with Crippen molar-refractivity contribution in [3.63, 3.8) is 0 Å². The summed E-state index contributed by atoms with van der Waals surface area (Å²) in [5.41, 5.74) is 5.67. The Labute approximate surface area is 119 Å². The number of hydrogen-bond acceptors (Lipinski definition) is 2. The van der Waals surface area contributed by atoms with Crippen molar-refractivity contribution < 1.29 is 5.11 Å². The highest BCUT2D eigenvalue weighted by Gasteiger charge is 2.54. The van der Waals surface area contributed by atoms with E-state index >= 15 is 0 Å². The Morgan fingerprint density at radius 2 is 1.74 bits per heavy atom. The van der Waals surface area contributed by atoms with E-state index in [1.54, 1.807) is 0 Å². The minimum absolute atomic E-state index is 0.00718. The molecule has 0 aromatic carbocycles. The summed E-state index contributed by atoms with van der Waals surface area (Å²) in [6.45, 7) is 7.49. The molecule has 2 fully saturated rings. The van der Waals surface area contributed by atoms with Crippen molar-refractivity contribution in [3.8, 4) is 0 Å². The molecule has 2 heteroatoms. The van der Waals surface area contributed by atoms with Crippen molar-refractivity contribution in [2.75, 3.05) is 6.54 Å². The second kappa shape index (κ2) is 5.73. The predicted molar refractivity (Wildman–Crippen MR) is 80.9 cm³/mol. The van der Waals surface area contributed by atoms with Crippen LogP contribution < -0.4 is 5.73 Å². The Bertz CT molecular complexity index is 296. The van der Waals surface area contributed by atoms with Gasteiger partial charge in [-0.05, 0) is 56.3 Å². The summed E-state index contributed by atoms with van der Waals surface area (Å²) >= 11 is 0. The van der Waals surface area contributed by atoms with Gasteiger partial charge in [-0.2, -0.15) is 0 Å². The lowest BCUT2D eigenvalue weighted by Gasteiger charge is -2.56. The van der Waals surface area contributed by atoms with Crippen molar-refractivity contribution in [1.29, 1.82) is 0 Å². The Morgan fingerprint density at radius 1 is 1.11 bits per heavy atom. The van der Waals surface area contributed by atoms with Gasteiger partial charge in [-0.1, -0.05) is 33.6 Å². The molecule has 0 aromatic heterocycles. The quantitative estimate of drug-likeness (QED) is 0.818. The highest BCUT2D eigenvalue weighted by molar-refractivity contribution is 5.06. The molecule has 0 aromatic rings. The first-order valence-electron chi connectivity index (χ1n) is 8.40. The fourth-order valence-corrected chi connectivity index (χ4v) is 4.80. The molecule has 0 saturated heterocycles. The standard InChI is InChI=1S/C17H33NO/c1-4-15-7-9-16(12-18,10-8-15)17(19)11-13(2)5-6-14(17)3/h13-15,19H,4-12,18H2,1-3H3. The van der Waals surface area contributed by atoms with E-state index in [9.17, 15) is 5.11 Å². The van der Waals surface area contributed by atoms with Gasteiger partial charge in [-0.15, -0.1) is 0 Å². The van der Waals surface area contributed by atoms with Crippen LogP contribution in [0.5, 0.6) is 0 Å². The number of hydrogen-bond donors (Lipinski definition) is 2. The van der Waals surface area contributed by atoms with Crippen LogP contribution in [0.3, 0.4) is 0 Å². The van der Waals surface area contributed by atoms with E-state index in [0.717, 1.165) is 31.6 Å². The summed E-state index contributed by atoms with van der Waals surface area (Å²) in [5.74, 6) is 1.92. The van der Waals surface area contributed by atoms with Gasteiger partial charge in [0.15, 0.2) is 0 Å². The fourth-order valence-electron chi connectivity index (χ4n) is 4.80. The van der Waals surface area contributed by atoms with Crippen molar-refractivity contribution in [2.45, 2.75) is 77.7 Å². The molecule has 0 bridgehead atoms. The van der Waals surface area contributed by atoms with E-state index in [1.165, 1.54) is 25.7 Å². The van der Waals surface area contributed by atoms with Crippen LogP contribution in [0.4, 0.5) is 0 Å². The van der Waals surface area contributed by atoms with Crippen LogP contribution >= 0.6 is 0 Å². The zero-order chi connectivity index (χ0) is 14.1. The Hall–Kier alpha value is -0.0800. The lowest BCUT2D eigenvalue weighted by atomic mass is 9.53. The van der Waals surface area contributed by atoms with Gasteiger partial charge in [0.2, 0.25) is 0 Å². The summed E-state index contributed by atoms with van der Waals surface area (Å²) < 4.78 is 0. The van der Waals surface area contributed by atoms with Gasteiger partial charge in [-0.3, -0.25) is 0 Å². The fraction of sp³-hybridized carbons (Fsp3) is 1.00. The third kappa shape index (κ3) is 2.58. The van der Waals surface area contributed by atoms with Crippen LogP contribution in [0, 0.1) is 23.2 Å². The van der Waals surface area contributed by atoms with Gasteiger partial charge >= 0.3 is 0 Å². The molecule has 112 valence electrons. The van der Waals surface area contributed by atoms with Crippen LogP contribution in [0.15, 0.2) is 0 Å². The molecule has 3 N–H and O–H groups in total. The maximum Gasteiger partial charge on any atom is 0.0743 e. The van der Waals surface area contributed by atoms with E-state index < -0.39 is 5.60 Å². The van der Waals surface area contributed by atoms with Gasteiger partial charge < -0.3 is 10.8 Å². The molecule has 0 heterocycles.